The van der Waals surface area contributed by atoms with Gasteiger partial charge in [0.1, 0.15) is 12.1 Å². The van der Waals surface area contributed by atoms with Crippen LogP contribution in [0, 0.1) is 0 Å². The minimum Gasteiger partial charge on any atom is -0.442 e. The van der Waals surface area contributed by atoms with Gasteiger partial charge in [-0.05, 0) is 49.1 Å². The molecule has 32 heavy (non-hydrogen) atoms. The van der Waals surface area contributed by atoms with Crippen LogP contribution in [0.15, 0.2) is 42.7 Å². The molecule has 4 amide bonds. The Kier molecular flexibility index (Phi) is 5.89. The van der Waals surface area contributed by atoms with E-state index in [1.54, 1.807) is 31.5 Å². The molecule has 1 aromatic heterocycles. The fourth-order valence-electron chi connectivity index (χ4n) is 3.98. The van der Waals surface area contributed by atoms with Gasteiger partial charge in [0.05, 0.1) is 6.04 Å². The SMILES string of the molecule is CC(NC(=O)OC(C)c1ccc2c(c1)C(=O)N(C1CCC(=O)NC1=O)C2)c1cccnc1. The lowest BCUT2D eigenvalue weighted by molar-refractivity contribution is -0.136. The quantitative estimate of drug-likeness (QED) is 0.695. The van der Waals surface area contributed by atoms with E-state index < -0.39 is 24.1 Å². The van der Waals surface area contributed by atoms with E-state index in [0.29, 0.717) is 24.1 Å². The number of amides is 4. The molecular formula is C23H24N4O5. The zero-order chi connectivity index (χ0) is 22.8. The highest BCUT2D eigenvalue weighted by Gasteiger charge is 2.39. The molecule has 2 aromatic rings. The van der Waals surface area contributed by atoms with Crippen LogP contribution in [0.3, 0.4) is 0 Å². The summed E-state index contributed by atoms with van der Waals surface area (Å²) in [6.45, 7) is 3.87. The minimum absolute atomic E-state index is 0.208. The number of rotatable bonds is 5. The number of carbonyl (C=O) groups excluding carboxylic acids is 4. The van der Waals surface area contributed by atoms with E-state index in [4.69, 9.17) is 4.74 Å². The molecule has 2 aliphatic rings. The maximum absolute atomic E-state index is 13.0. The second-order valence-corrected chi connectivity index (χ2v) is 8.02. The summed E-state index contributed by atoms with van der Waals surface area (Å²) in [7, 11) is 0. The number of nitrogens with zero attached hydrogens (tertiary/aromatic N) is 2. The van der Waals surface area contributed by atoms with Crippen molar-refractivity contribution in [3.05, 3.63) is 65.0 Å². The van der Waals surface area contributed by atoms with Crippen molar-refractivity contribution in [2.24, 2.45) is 0 Å². The molecule has 2 N–H and O–H groups in total. The molecule has 166 valence electrons. The standard InChI is InChI=1S/C23H24N4O5/c1-13(16-4-3-9-24-11-16)25-23(31)32-14(2)15-5-6-17-12-27(22(30)18(17)10-15)19-7-8-20(28)26-21(19)29/h3-6,9-11,13-14,19H,7-8,12H2,1-2H3,(H,25,31)(H,26,28,29). The van der Waals surface area contributed by atoms with Crippen molar-refractivity contribution in [1.29, 1.82) is 0 Å². The number of fused-ring (bicyclic) bond motifs is 1. The molecule has 3 heterocycles. The van der Waals surface area contributed by atoms with Crippen molar-refractivity contribution in [2.45, 2.75) is 51.4 Å². The molecule has 4 rings (SSSR count). The summed E-state index contributed by atoms with van der Waals surface area (Å²) >= 11 is 0. The first-order valence-electron chi connectivity index (χ1n) is 10.5. The van der Waals surface area contributed by atoms with Gasteiger partial charge in [0, 0.05) is 30.9 Å². The lowest BCUT2D eigenvalue weighted by atomic mass is 10.0. The Hall–Kier alpha value is -3.75. The van der Waals surface area contributed by atoms with Crippen LogP contribution in [0.4, 0.5) is 4.79 Å². The molecule has 9 heteroatoms. The number of piperidine rings is 1. The van der Waals surface area contributed by atoms with Crippen molar-refractivity contribution in [3.63, 3.8) is 0 Å². The number of pyridine rings is 1. The summed E-state index contributed by atoms with van der Waals surface area (Å²) in [5, 5.41) is 5.06. The number of nitrogens with one attached hydrogen (secondary N) is 2. The number of alkyl carbamates (subject to hydrolysis) is 1. The molecule has 1 saturated heterocycles. The average molecular weight is 436 g/mol. The minimum atomic E-state index is -0.663. The zero-order valence-electron chi connectivity index (χ0n) is 17.8. The van der Waals surface area contributed by atoms with Crippen LogP contribution in [0.5, 0.6) is 0 Å². The highest BCUT2D eigenvalue weighted by atomic mass is 16.6. The van der Waals surface area contributed by atoms with Gasteiger partial charge in [-0.1, -0.05) is 18.2 Å². The predicted molar refractivity (Wildman–Crippen MR) is 113 cm³/mol. The van der Waals surface area contributed by atoms with Crippen molar-refractivity contribution >= 4 is 23.8 Å². The van der Waals surface area contributed by atoms with Gasteiger partial charge in [-0.15, -0.1) is 0 Å². The highest BCUT2D eigenvalue weighted by Crippen LogP contribution is 2.30. The molecule has 0 aliphatic carbocycles. The van der Waals surface area contributed by atoms with Crippen LogP contribution >= 0.6 is 0 Å². The van der Waals surface area contributed by atoms with E-state index in [1.165, 1.54) is 4.90 Å². The van der Waals surface area contributed by atoms with Gasteiger partial charge < -0.3 is 15.0 Å². The fraction of sp³-hybridized carbons (Fsp3) is 0.348. The van der Waals surface area contributed by atoms with E-state index in [2.05, 4.69) is 15.6 Å². The van der Waals surface area contributed by atoms with Crippen LogP contribution in [0.1, 0.15) is 65.9 Å². The van der Waals surface area contributed by atoms with Crippen LogP contribution in [-0.4, -0.2) is 39.7 Å². The molecule has 2 aliphatic heterocycles. The van der Waals surface area contributed by atoms with Crippen molar-refractivity contribution in [2.75, 3.05) is 0 Å². The Bertz CT molecular complexity index is 1070. The van der Waals surface area contributed by atoms with Gasteiger partial charge in [0.2, 0.25) is 11.8 Å². The molecule has 0 spiro atoms. The summed E-state index contributed by atoms with van der Waals surface area (Å²) in [4.78, 5) is 54.4. The first kappa shape index (κ1) is 21.5. The number of benzene rings is 1. The normalized spacial score (nSPS) is 19.8. The predicted octanol–water partition coefficient (Wildman–Crippen LogP) is 2.39. The number of imide groups is 1. The van der Waals surface area contributed by atoms with Gasteiger partial charge >= 0.3 is 6.09 Å². The Labute approximate surface area is 185 Å². The topological polar surface area (TPSA) is 118 Å². The molecule has 1 aromatic carbocycles. The van der Waals surface area contributed by atoms with Crippen LogP contribution in [0.2, 0.25) is 0 Å². The number of hydrogen-bond donors (Lipinski definition) is 2. The van der Waals surface area contributed by atoms with E-state index in [-0.39, 0.29) is 24.3 Å². The summed E-state index contributed by atoms with van der Waals surface area (Å²) < 4.78 is 5.50. The number of ether oxygens (including phenoxy) is 1. The summed E-state index contributed by atoms with van der Waals surface area (Å²) in [5.41, 5.74) is 2.80. The van der Waals surface area contributed by atoms with Crippen LogP contribution in [-0.2, 0) is 20.9 Å². The molecule has 0 bridgehead atoms. The molecule has 1 fully saturated rings. The summed E-state index contributed by atoms with van der Waals surface area (Å²) in [6.07, 6.45) is 2.69. The number of carbonyl (C=O) groups is 4. The largest absolute Gasteiger partial charge is 0.442 e. The lowest BCUT2D eigenvalue weighted by Gasteiger charge is -2.29. The third-order valence-electron chi connectivity index (χ3n) is 5.82. The molecule has 9 nitrogen and oxygen atoms in total. The van der Waals surface area contributed by atoms with Gasteiger partial charge in [-0.3, -0.25) is 24.7 Å². The Balaban J connectivity index is 1.41. The third-order valence-corrected chi connectivity index (χ3v) is 5.82. The fourth-order valence-corrected chi connectivity index (χ4v) is 3.98. The second kappa shape index (κ2) is 8.78. The van der Waals surface area contributed by atoms with E-state index >= 15 is 0 Å². The Morgan fingerprint density at radius 2 is 2.03 bits per heavy atom. The maximum Gasteiger partial charge on any atom is 0.408 e. The van der Waals surface area contributed by atoms with Gasteiger partial charge in [-0.2, -0.15) is 0 Å². The van der Waals surface area contributed by atoms with Gasteiger partial charge in [0.15, 0.2) is 0 Å². The lowest BCUT2D eigenvalue weighted by Crippen LogP contribution is -2.52. The smallest absolute Gasteiger partial charge is 0.408 e. The highest BCUT2D eigenvalue weighted by molar-refractivity contribution is 6.05. The molecule has 3 unspecified atom stereocenters. The number of hydrogen-bond acceptors (Lipinski definition) is 6. The number of aromatic nitrogens is 1. The Morgan fingerprint density at radius 1 is 1.22 bits per heavy atom. The van der Waals surface area contributed by atoms with Gasteiger partial charge in [-0.25, -0.2) is 4.79 Å². The Morgan fingerprint density at radius 3 is 2.75 bits per heavy atom. The zero-order valence-corrected chi connectivity index (χ0v) is 17.8. The van der Waals surface area contributed by atoms with Crippen molar-refractivity contribution < 1.29 is 23.9 Å². The summed E-state index contributed by atoms with van der Waals surface area (Å²) in [5.74, 6) is -1.03. The summed E-state index contributed by atoms with van der Waals surface area (Å²) in [6, 6.07) is 8.04. The van der Waals surface area contributed by atoms with E-state index in [0.717, 1.165) is 11.1 Å². The maximum atomic E-state index is 13.0. The van der Waals surface area contributed by atoms with E-state index in [1.807, 2.05) is 25.1 Å². The van der Waals surface area contributed by atoms with E-state index in [9.17, 15) is 19.2 Å². The first-order chi connectivity index (χ1) is 15.3. The monoisotopic (exact) mass is 436 g/mol. The molecule has 0 radical (unpaired) electrons. The molecule has 3 atom stereocenters. The van der Waals surface area contributed by atoms with Crippen LogP contribution in [0.25, 0.3) is 0 Å². The average Bonchev–Trinajstić information content (AvgIpc) is 3.10. The second-order valence-electron chi connectivity index (χ2n) is 8.02. The van der Waals surface area contributed by atoms with Gasteiger partial charge in [0.25, 0.3) is 5.91 Å². The third kappa shape index (κ3) is 4.32. The molecular weight excluding hydrogens is 412 g/mol. The first-order valence-corrected chi connectivity index (χ1v) is 10.5. The van der Waals surface area contributed by atoms with Crippen molar-refractivity contribution in [3.8, 4) is 0 Å². The van der Waals surface area contributed by atoms with Crippen LogP contribution < -0.4 is 10.6 Å². The molecule has 0 saturated carbocycles. The van der Waals surface area contributed by atoms with Crippen molar-refractivity contribution in [1.82, 2.24) is 20.5 Å².